The molecule has 2 aromatic heterocycles. The van der Waals surface area contributed by atoms with Gasteiger partial charge in [0, 0.05) is 12.6 Å². The van der Waals surface area contributed by atoms with Crippen molar-refractivity contribution in [1.29, 1.82) is 0 Å². The summed E-state index contributed by atoms with van der Waals surface area (Å²) in [6.45, 7) is 2.00. The fourth-order valence-electron chi connectivity index (χ4n) is 1.41. The number of aryl methyl sites for hydroxylation is 1. The van der Waals surface area contributed by atoms with E-state index >= 15 is 0 Å². The fourth-order valence-corrected chi connectivity index (χ4v) is 2.27. The Morgan fingerprint density at radius 2 is 2.31 bits per heavy atom. The number of hydrogen-bond donors (Lipinski definition) is 1. The first-order valence-corrected chi connectivity index (χ1v) is 4.91. The molecule has 2 N–H and O–H groups in total. The molecule has 0 amide bonds. The Morgan fingerprint density at radius 3 is 2.77 bits per heavy atom. The molecule has 0 aliphatic heterocycles. The van der Waals surface area contributed by atoms with Crippen molar-refractivity contribution >= 4 is 17.2 Å². The van der Waals surface area contributed by atoms with Crippen LogP contribution in [0.4, 0.5) is 5.82 Å². The summed E-state index contributed by atoms with van der Waals surface area (Å²) in [6, 6.07) is 4.11. The van der Waals surface area contributed by atoms with Crippen LogP contribution in [0.3, 0.4) is 0 Å². The molecule has 3 nitrogen and oxygen atoms in total. The smallest absolute Gasteiger partial charge is 0.149 e. The zero-order valence-corrected chi connectivity index (χ0v) is 8.43. The fraction of sp³-hybridized carbons (Fsp3) is 0.222. The Hall–Kier alpha value is -1.29. The molecule has 68 valence electrons. The molecule has 2 heterocycles. The first-order chi connectivity index (χ1) is 6.20. The van der Waals surface area contributed by atoms with Crippen LogP contribution < -0.4 is 5.73 Å². The largest absolute Gasteiger partial charge is 0.382 e. The summed E-state index contributed by atoms with van der Waals surface area (Å²) in [5.41, 5.74) is 7.90. The molecule has 2 rings (SSSR count). The van der Waals surface area contributed by atoms with E-state index in [1.54, 1.807) is 11.3 Å². The van der Waals surface area contributed by atoms with E-state index in [1.165, 1.54) is 4.88 Å². The van der Waals surface area contributed by atoms with Gasteiger partial charge < -0.3 is 5.73 Å². The third-order valence-electron chi connectivity index (χ3n) is 2.08. The maximum Gasteiger partial charge on any atom is 0.149 e. The quantitative estimate of drug-likeness (QED) is 0.753. The van der Waals surface area contributed by atoms with E-state index in [-0.39, 0.29) is 0 Å². The normalized spacial score (nSPS) is 10.6. The zero-order valence-electron chi connectivity index (χ0n) is 7.61. The van der Waals surface area contributed by atoms with Crippen LogP contribution in [0, 0.1) is 6.92 Å². The van der Waals surface area contributed by atoms with Crippen LogP contribution in [0.15, 0.2) is 17.5 Å². The summed E-state index contributed by atoms with van der Waals surface area (Å²) in [6.07, 6.45) is 0. The summed E-state index contributed by atoms with van der Waals surface area (Å²) in [5, 5.41) is 6.22. The van der Waals surface area contributed by atoms with E-state index < -0.39 is 0 Å². The summed E-state index contributed by atoms with van der Waals surface area (Å²) < 4.78 is 1.83. The molecule has 0 atom stereocenters. The number of hydrogen-bond acceptors (Lipinski definition) is 3. The molecule has 4 heteroatoms. The standard InChI is InChI=1S/C9H11N3S/c1-6-8(7-4-3-5-13-7)12(2)11-9(6)10/h3-5H,1-2H3,(H2,10,11). The van der Waals surface area contributed by atoms with Gasteiger partial charge in [0.15, 0.2) is 0 Å². The molecule has 0 saturated carbocycles. The summed E-state index contributed by atoms with van der Waals surface area (Å²) in [7, 11) is 1.92. The van der Waals surface area contributed by atoms with Crippen LogP contribution in [-0.4, -0.2) is 9.78 Å². The number of nitrogens with two attached hydrogens (primary N) is 1. The van der Waals surface area contributed by atoms with E-state index in [0.717, 1.165) is 11.3 Å². The minimum absolute atomic E-state index is 0.617. The number of rotatable bonds is 1. The molecular formula is C9H11N3S. The van der Waals surface area contributed by atoms with Gasteiger partial charge in [0.25, 0.3) is 0 Å². The summed E-state index contributed by atoms with van der Waals surface area (Å²) in [5.74, 6) is 0.617. The van der Waals surface area contributed by atoms with Crippen molar-refractivity contribution in [2.24, 2.45) is 7.05 Å². The Kier molecular flexibility index (Phi) is 1.84. The lowest BCUT2D eigenvalue weighted by Crippen LogP contribution is -1.93. The van der Waals surface area contributed by atoms with Gasteiger partial charge in [0.05, 0.1) is 10.6 Å². The third-order valence-corrected chi connectivity index (χ3v) is 2.95. The lowest BCUT2D eigenvalue weighted by Gasteiger charge is -1.98. The van der Waals surface area contributed by atoms with Crippen molar-refractivity contribution in [3.05, 3.63) is 23.1 Å². The van der Waals surface area contributed by atoms with Gasteiger partial charge in [-0.1, -0.05) is 6.07 Å². The van der Waals surface area contributed by atoms with Gasteiger partial charge in [0.2, 0.25) is 0 Å². The minimum atomic E-state index is 0.617. The van der Waals surface area contributed by atoms with Crippen LogP contribution in [0.1, 0.15) is 5.56 Å². The average Bonchev–Trinajstić information content (AvgIpc) is 2.63. The van der Waals surface area contributed by atoms with Gasteiger partial charge in [-0.15, -0.1) is 11.3 Å². The molecule has 0 bridgehead atoms. The molecule has 0 aliphatic carbocycles. The van der Waals surface area contributed by atoms with Gasteiger partial charge >= 0.3 is 0 Å². The SMILES string of the molecule is Cc1c(N)nn(C)c1-c1cccs1. The van der Waals surface area contributed by atoms with E-state index in [1.807, 2.05) is 24.7 Å². The molecule has 0 unspecified atom stereocenters. The molecule has 0 aromatic carbocycles. The molecule has 0 spiro atoms. The van der Waals surface area contributed by atoms with Crippen molar-refractivity contribution in [1.82, 2.24) is 9.78 Å². The van der Waals surface area contributed by atoms with Gasteiger partial charge in [-0.3, -0.25) is 4.68 Å². The van der Waals surface area contributed by atoms with E-state index in [2.05, 4.69) is 16.5 Å². The van der Waals surface area contributed by atoms with Crippen molar-refractivity contribution in [3.63, 3.8) is 0 Å². The van der Waals surface area contributed by atoms with Crippen LogP contribution in [0.5, 0.6) is 0 Å². The van der Waals surface area contributed by atoms with Crippen molar-refractivity contribution in [2.75, 3.05) is 5.73 Å². The molecule has 13 heavy (non-hydrogen) atoms. The van der Waals surface area contributed by atoms with Crippen molar-refractivity contribution in [2.45, 2.75) is 6.92 Å². The number of aromatic nitrogens is 2. The zero-order chi connectivity index (χ0) is 9.42. The van der Waals surface area contributed by atoms with Crippen molar-refractivity contribution in [3.8, 4) is 10.6 Å². The topological polar surface area (TPSA) is 43.8 Å². The van der Waals surface area contributed by atoms with Crippen LogP contribution >= 0.6 is 11.3 Å². The Labute approximate surface area is 80.8 Å². The monoisotopic (exact) mass is 193 g/mol. The highest BCUT2D eigenvalue weighted by Gasteiger charge is 2.11. The molecule has 0 radical (unpaired) electrons. The first kappa shape index (κ1) is 8.31. The second-order valence-corrected chi connectivity index (χ2v) is 3.91. The predicted octanol–water partition coefficient (Wildman–Crippen LogP) is 2.04. The summed E-state index contributed by atoms with van der Waals surface area (Å²) in [4.78, 5) is 1.21. The second kappa shape index (κ2) is 2.88. The maximum atomic E-state index is 5.72. The van der Waals surface area contributed by atoms with E-state index in [4.69, 9.17) is 5.73 Å². The number of nitrogen functional groups attached to an aromatic ring is 1. The molecular weight excluding hydrogens is 182 g/mol. The van der Waals surface area contributed by atoms with Crippen LogP contribution in [-0.2, 0) is 7.05 Å². The maximum absolute atomic E-state index is 5.72. The highest BCUT2D eigenvalue weighted by atomic mass is 32.1. The predicted molar refractivity (Wildman–Crippen MR) is 55.7 cm³/mol. The van der Waals surface area contributed by atoms with Crippen LogP contribution in [0.25, 0.3) is 10.6 Å². The number of thiophene rings is 1. The van der Waals surface area contributed by atoms with Crippen molar-refractivity contribution < 1.29 is 0 Å². The lowest BCUT2D eigenvalue weighted by atomic mass is 10.2. The molecule has 2 aromatic rings. The van der Waals surface area contributed by atoms with E-state index in [0.29, 0.717) is 5.82 Å². The Morgan fingerprint density at radius 1 is 1.54 bits per heavy atom. The Bertz CT molecular complexity index is 414. The molecule has 0 saturated heterocycles. The highest BCUT2D eigenvalue weighted by Crippen LogP contribution is 2.29. The molecule has 0 fully saturated rings. The lowest BCUT2D eigenvalue weighted by molar-refractivity contribution is 0.781. The highest BCUT2D eigenvalue weighted by molar-refractivity contribution is 7.13. The number of anilines is 1. The van der Waals surface area contributed by atoms with Gasteiger partial charge in [0.1, 0.15) is 5.82 Å². The minimum Gasteiger partial charge on any atom is -0.382 e. The summed E-state index contributed by atoms with van der Waals surface area (Å²) >= 11 is 1.70. The van der Waals surface area contributed by atoms with Crippen LogP contribution in [0.2, 0.25) is 0 Å². The Balaban J connectivity index is 2.64. The average molecular weight is 193 g/mol. The van der Waals surface area contributed by atoms with Gasteiger partial charge in [-0.05, 0) is 18.4 Å². The third kappa shape index (κ3) is 1.23. The molecule has 0 aliphatic rings. The van der Waals surface area contributed by atoms with Gasteiger partial charge in [-0.25, -0.2) is 0 Å². The number of nitrogens with zero attached hydrogens (tertiary/aromatic N) is 2. The van der Waals surface area contributed by atoms with Gasteiger partial charge in [-0.2, -0.15) is 5.10 Å². The second-order valence-electron chi connectivity index (χ2n) is 2.96. The van der Waals surface area contributed by atoms with E-state index in [9.17, 15) is 0 Å². The first-order valence-electron chi connectivity index (χ1n) is 4.03.